The Kier molecular flexibility index (Phi) is 4.87. The summed E-state index contributed by atoms with van der Waals surface area (Å²) in [6.45, 7) is 0. The van der Waals surface area contributed by atoms with Crippen molar-refractivity contribution in [3.05, 3.63) is 60.4 Å². The predicted molar refractivity (Wildman–Crippen MR) is 96.7 cm³/mol. The van der Waals surface area contributed by atoms with Gasteiger partial charge in [0, 0.05) is 12.6 Å². The van der Waals surface area contributed by atoms with Gasteiger partial charge in [-0.25, -0.2) is 0 Å². The maximum Gasteiger partial charge on any atom is 0.184 e. The number of tetrazole rings is 1. The van der Waals surface area contributed by atoms with Crippen LogP contribution >= 0.6 is 12.2 Å². The number of nitrogens with two attached hydrogens (primary N) is 1. The molecule has 0 bridgehead atoms. The number of thiocarbonyl (C=S) groups is 1. The molecule has 0 aliphatic heterocycles. The van der Waals surface area contributed by atoms with Crippen molar-refractivity contribution < 1.29 is 0 Å². The smallest absolute Gasteiger partial charge is 0.184 e. The van der Waals surface area contributed by atoms with E-state index in [1.54, 1.807) is 10.9 Å². The minimum absolute atomic E-state index is 0.113. The third kappa shape index (κ3) is 3.79. The third-order valence-corrected chi connectivity index (χ3v) is 3.38. The van der Waals surface area contributed by atoms with Crippen LogP contribution in [0.1, 0.15) is 5.82 Å². The normalized spacial score (nSPS) is 10.8. The molecule has 2 aromatic carbocycles. The quantitative estimate of drug-likeness (QED) is 0.418. The Morgan fingerprint density at radius 2 is 1.83 bits per heavy atom. The van der Waals surface area contributed by atoms with E-state index < -0.39 is 0 Å². The lowest BCUT2D eigenvalue weighted by atomic mass is 10.1. The topological polar surface area (TPSA) is 94.0 Å². The Hall–Kier alpha value is -3.13. The van der Waals surface area contributed by atoms with Gasteiger partial charge in [-0.15, -0.1) is 5.10 Å². The van der Waals surface area contributed by atoms with Gasteiger partial charge in [0.25, 0.3) is 0 Å². The van der Waals surface area contributed by atoms with E-state index in [0.29, 0.717) is 12.2 Å². The molecule has 0 fully saturated rings. The minimum Gasteiger partial charge on any atom is -0.375 e. The van der Waals surface area contributed by atoms with Gasteiger partial charge in [0.2, 0.25) is 0 Å². The molecule has 0 saturated heterocycles. The van der Waals surface area contributed by atoms with E-state index in [0.717, 1.165) is 16.8 Å². The van der Waals surface area contributed by atoms with Gasteiger partial charge < -0.3 is 5.73 Å². The molecule has 1 aromatic heterocycles. The number of nitrogens with zero attached hydrogens (tertiary/aromatic N) is 5. The van der Waals surface area contributed by atoms with Gasteiger partial charge in [-0.05, 0) is 45.9 Å². The summed E-state index contributed by atoms with van der Waals surface area (Å²) in [6, 6.07) is 18.2. The summed E-state index contributed by atoms with van der Waals surface area (Å²) < 4.78 is 1.67. The lowest BCUT2D eigenvalue weighted by molar-refractivity contribution is 0.775. The van der Waals surface area contributed by atoms with Gasteiger partial charge in [0.15, 0.2) is 10.9 Å². The molecule has 0 unspecified atom stereocenters. The fourth-order valence-corrected chi connectivity index (χ4v) is 2.25. The van der Waals surface area contributed by atoms with Gasteiger partial charge in [0.05, 0.1) is 5.69 Å². The molecule has 0 amide bonds. The maximum absolute atomic E-state index is 5.30. The molecule has 7 nitrogen and oxygen atoms in total. The van der Waals surface area contributed by atoms with E-state index in [4.69, 9.17) is 5.73 Å². The highest BCUT2D eigenvalue weighted by Gasteiger charge is 2.07. The Balaban J connectivity index is 1.77. The Bertz CT molecular complexity index is 840. The van der Waals surface area contributed by atoms with Crippen molar-refractivity contribution in [2.45, 2.75) is 6.42 Å². The van der Waals surface area contributed by atoms with Crippen LogP contribution in [0.5, 0.6) is 0 Å². The molecule has 3 aromatic rings. The van der Waals surface area contributed by atoms with Crippen molar-refractivity contribution in [3.8, 4) is 16.8 Å². The third-order valence-electron chi connectivity index (χ3n) is 3.29. The molecule has 3 N–H and O–H groups in total. The lowest BCUT2D eigenvalue weighted by Gasteiger charge is -2.05. The number of benzene rings is 2. The van der Waals surface area contributed by atoms with E-state index in [1.807, 2.05) is 42.5 Å². The number of hydrogen-bond donors (Lipinski definition) is 2. The molecule has 0 spiro atoms. The molecule has 1 heterocycles. The standard InChI is InChI=1S/C16H15N7S/c17-16(24)20-18-11-10-15-19-21-22-23(15)14-8-6-13(7-9-14)12-4-2-1-3-5-12/h1-9,11H,10H2,(H3,17,20,24)/b18-11+. The van der Waals surface area contributed by atoms with Gasteiger partial charge in [-0.2, -0.15) is 9.78 Å². The van der Waals surface area contributed by atoms with E-state index in [2.05, 4.69) is 50.4 Å². The van der Waals surface area contributed by atoms with E-state index in [9.17, 15) is 0 Å². The summed E-state index contributed by atoms with van der Waals surface area (Å²) in [4.78, 5) is 0. The highest BCUT2D eigenvalue weighted by Crippen LogP contribution is 2.20. The number of hydrogen-bond acceptors (Lipinski definition) is 5. The second kappa shape index (κ2) is 7.42. The first-order valence-corrected chi connectivity index (χ1v) is 7.65. The Morgan fingerprint density at radius 1 is 1.12 bits per heavy atom. The van der Waals surface area contributed by atoms with Gasteiger partial charge in [0.1, 0.15) is 0 Å². The van der Waals surface area contributed by atoms with Crippen LogP contribution in [-0.2, 0) is 6.42 Å². The molecule has 0 saturated carbocycles. The fourth-order valence-electron chi connectivity index (χ4n) is 2.20. The summed E-state index contributed by atoms with van der Waals surface area (Å²) in [6.07, 6.45) is 2.06. The monoisotopic (exact) mass is 337 g/mol. The first-order chi connectivity index (χ1) is 11.7. The molecular formula is C16H15N7S. The average Bonchev–Trinajstić information content (AvgIpc) is 3.08. The molecule has 0 aliphatic rings. The van der Waals surface area contributed by atoms with Crippen molar-refractivity contribution in [1.29, 1.82) is 0 Å². The SMILES string of the molecule is NC(=S)N/N=C/Cc1nnnn1-c1ccc(-c2ccccc2)cc1. The molecule has 8 heteroatoms. The van der Waals surface area contributed by atoms with Crippen molar-refractivity contribution in [2.75, 3.05) is 0 Å². The molecule has 24 heavy (non-hydrogen) atoms. The highest BCUT2D eigenvalue weighted by molar-refractivity contribution is 7.80. The van der Waals surface area contributed by atoms with Crippen LogP contribution in [0.15, 0.2) is 59.7 Å². The summed E-state index contributed by atoms with van der Waals surface area (Å²) in [5.41, 5.74) is 11.0. The molecule has 0 radical (unpaired) electrons. The van der Waals surface area contributed by atoms with E-state index >= 15 is 0 Å². The summed E-state index contributed by atoms with van der Waals surface area (Å²) in [7, 11) is 0. The van der Waals surface area contributed by atoms with Crippen LogP contribution < -0.4 is 11.2 Å². The zero-order valence-electron chi connectivity index (χ0n) is 12.7. The summed E-state index contributed by atoms with van der Waals surface area (Å²) in [5.74, 6) is 0.663. The maximum atomic E-state index is 5.30. The Labute approximate surface area is 144 Å². The van der Waals surface area contributed by atoms with Gasteiger partial charge in [-0.1, -0.05) is 42.5 Å². The predicted octanol–water partition coefficient (Wildman–Crippen LogP) is 1.69. The van der Waals surface area contributed by atoms with Gasteiger partial charge in [-0.3, -0.25) is 5.43 Å². The van der Waals surface area contributed by atoms with Crippen LogP contribution in [0.2, 0.25) is 0 Å². The van der Waals surface area contributed by atoms with Crippen LogP contribution in [0.3, 0.4) is 0 Å². The number of rotatable bonds is 5. The second-order valence-corrected chi connectivity index (χ2v) is 5.35. The van der Waals surface area contributed by atoms with Gasteiger partial charge >= 0.3 is 0 Å². The van der Waals surface area contributed by atoms with Crippen molar-refractivity contribution in [3.63, 3.8) is 0 Å². The largest absolute Gasteiger partial charge is 0.375 e. The number of aromatic nitrogens is 4. The first kappa shape index (κ1) is 15.8. The van der Waals surface area contributed by atoms with E-state index in [-0.39, 0.29) is 5.11 Å². The second-order valence-electron chi connectivity index (χ2n) is 4.91. The number of nitrogens with one attached hydrogen (secondary N) is 1. The van der Waals surface area contributed by atoms with Crippen LogP contribution in [0, 0.1) is 0 Å². The highest BCUT2D eigenvalue weighted by atomic mass is 32.1. The minimum atomic E-state index is 0.113. The van der Waals surface area contributed by atoms with Crippen molar-refractivity contribution >= 4 is 23.5 Å². The van der Waals surface area contributed by atoms with Crippen LogP contribution in [-0.4, -0.2) is 31.5 Å². The van der Waals surface area contributed by atoms with Crippen molar-refractivity contribution in [1.82, 2.24) is 25.6 Å². The average molecular weight is 337 g/mol. The molecular weight excluding hydrogens is 322 g/mol. The zero-order chi connectivity index (χ0) is 16.8. The number of hydrazone groups is 1. The fraction of sp³-hybridized carbons (Fsp3) is 0.0625. The molecule has 3 rings (SSSR count). The first-order valence-electron chi connectivity index (χ1n) is 7.24. The lowest BCUT2D eigenvalue weighted by Crippen LogP contribution is -2.24. The van der Waals surface area contributed by atoms with Crippen LogP contribution in [0.25, 0.3) is 16.8 Å². The molecule has 120 valence electrons. The van der Waals surface area contributed by atoms with Crippen LogP contribution in [0.4, 0.5) is 0 Å². The van der Waals surface area contributed by atoms with E-state index in [1.165, 1.54) is 0 Å². The van der Waals surface area contributed by atoms with Crippen molar-refractivity contribution in [2.24, 2.45) is 10.8 Å². The Morgan fingerprint density at radius 3 is 2.54 bits per heavy atom. The summed E-state index contributed by atoms with van der Waals surface area (Å²) >= 11 is 4.67. The molecule has 0 aliphatic carbocycles. The summed E-state index contributed by atoms with van der Waals surface area (Å²) in [5, 5.41) is 15.8. The zero-order valence-corrected chi connectivity index (χ0v) is 13.5. The molecule has 0 atom stereocenters.